The molecule has 0 saturated carbocycles. The van der Waals surface area contributed by atoms with E-state index in [1.807, 2.05) is 20.8 Å². The molecule has 0 aliphatic carbocycles. The van der Waals surface area contributed by atoms with Crippen LogP contribution in [0, 0.1) is 0 Å². The van der Waals surface area contributed by atoms with E-state index in [4.69, 9.17) is 8.94 Å². The Balaban J connectivity index is 1.58. The van der Waals surface area contributed by atoms with Gasteiger partial charge in [0.05, 0.1) is 4.88 Å². The van der Waals surface area contributed by atoms with Crippen LogP contribution >= 0.6 is 11.3 Å². The molecule has 0 spiro atoms. The number of hydrogen-bond acceptors (Lipinski definition) is 8. The molecule has 1 N–H and O–H groups in total. The first-order valence-electron chi connectivity index (χ1n) is 8.70. The fraction of sp³-hybridized carbons (Fsp3) is 0.211. The Hall–Kier alpha value is -2.98. The zero-order valence-electron chi connectivity index (χ0n) is 15.9. The Kier molecular flexibility index (Phi) is 4.75. The van der Waals surface area contributed by atoms with Crippen LogP contribution in [0.1, 0.15) is 26.7 Å². The summed E-state index contributed by atoms with van der Waals surface area (Å²) >= 11 is 1.11. The van der Waals surface area contributed by atoms with Gasteiger partial charge in [-0.15, -0.1) is 21.5 Å². The first-order valence-corrected chi connectivity index (χ1v) is 11.0. The summed E-state index contributed by atoms with van der Waals surface area (Å²) in [5, 5.41) is 12.0. The minimum Gasteiger partial charge on any atom is -0.420 e. The molecule has 0 atom stereocenters. The molecule has 0 aliphatic heterocycles. The Morgan fingerprint density at radius 3 is 2.59 bits per heavy atom. The van der Waals surface area contributed by atoms with Crippen LogP contribution in [-0.2, 0) is 15.4 Å². The molecule has 0 amide bonds. The van der Waals surface area contributed by atoms with Gasteiger partial charge in [-0.1, -0.05) is 32.0 Å². The molecule has 3 aromatic heterocycles. The number of anilines is 1. The van der Waals surface area contributed by atoms with Crippen molar-refractivity contribution in [1.82, 2.24) is 15.4 Å². The summed E-state index contributed by atoms with van der Waals surface area (Å²) in [5.74, 6) is 0.845. The number of nitrogens with one attached hydrogen (secondary N) is 1. The van der Waals surface area contributed by atoms with Gasteiger partial charge in [0.2, 0.25) is 11.8 Å². The van der Waals surface area contributed by atoms with Crippen LogP contribution in [0.25, 0.3) is 22.0 Å². The average Bonchev–Trinajstić information content (AvgIpc) is 3.41. The van der Waals surface area contributed by atoms with Crippen molar-refractivity contribution in [2.45, 2.75) is 30.4 Å². The van der Waals surface area contributed by atoms with E-state index in [0.717, 1.165) is 11.3 Å². The number of rotatable bonds is 5. The molecule has 0 unspecified atom stereocenters. The van der Waals surface area contributed by atoms with E-state index in [2.05, 4.69) is 20.1 Å². The van der Waals surface area contributed by atoms with E-state index in [9.17, 15) is 8.42 Å². The van der Waals surface area contributed by atoms with E-state index < -0.39 is 10.0 Å². The number of thiophene rings is 1. The molecule has 0 saturated heterocycles. The zero-order chi connectivity index (χ0) is 20.6. The van der Waals surface area contributed by atoms with Crippen molar-refractivity contribution in [3.8, 4) is 22.0 Å². The third kappa shape index (κ3) is 4.08. The Morgan fingerprint density at radius 1 is 1.07 bits per heavy atom. The van der Waals surface area contributed by atoms with Crippen molar-refractivity contribution in [3.63, 3.8) is 0 Å². The van der Waals surface area contributed by atoms with E-state index in [1.165, 1.54) is 12.3 Å². The van der Waals surface area contributed by atoms with Crippen LogP contribution in [0.4, 0.5) is 5.69 Å². The third-order valence-electron chi connectivity index (χ3n) is 3.96. The fourth-order valence-electron chi connectivity index (χ4n) is 2.51. The normalized spacial score (nSPS) is 12.2. The van der Waals surface area contributed by atoms with Crippen molar-refractivity contribution in [3.05, 3.63) is 54.6 Å². The lowest BCUT2D eigenvalue weighted by Crippen LogP contribution is -2.11. The number of sulfonamides is 1. The van der Waals surface area contributed by atoms with Crippen LogP contribution in [0.5, 0.6) is 0 Å². The second-order valence-electron chi connectivity index (χ2n) is 7.35. The van der Waals surface area contributed by atoms with Gasteiger partial charge >= 0.3 is 0 Å². The van der Waals surface area contributed by atoms with E-state index in [-0.39, 0.29) is 9.62 Å². The quantitative estimate of drug-likeness (QED) is 0.494. The molecule has 10 heteroatoms. The predicted molar refractivity (Wildman–Crippen MR) is 109 cm³/mol. The number of aromatic nitrogens is 3. The van der Waals surface area contributed by atoms with Crippen LogP contribution < -0.4 is 4.72 Å². The molecule has 150 valence electrons. The lowest BCUT2D eigenvalue weighted by Gasteiger charge is -2.11. The van der Waals surface area contributed by atoms with Gasteiger partial charge in [-0.2, -0.15) is 0 Å². The van der Waals surface area contributed by atoms with Gasteiger partial charge in [0.15, 0.2) is 0 Å². The molecule has 0 bridgehead atoms. The van der Waals surface area contributed by atoms with Crippen molar-refractivity contribution in [2.75, 3.05) is 4.72 Å². The van der Waals surface area contributed by atoms with Gasteiger partial charge in [-0.25, -0.2) is 8.42 Å². The molecule has 1 aromatic carbocycles. The third-order valence-corrected chi connectivity index (χ3v) is 6.95. The monoisotopic (exact) mass is 430 g/mol. The summed E-state index contributed by atoms with van der Waals surface area (Å²) in [4.78, 5) is 0.702. The minimum atomic E-state index is -3.76. The van der Waals surface area contributed by atoms with Crippen LogP contribution in [0.2, 0.25) is 0 Å². The second kappa shape index (κ2) is 7.12. The highest BCUT2D eigenvalue weighted by atomic mass is 32.2. The Bertz CT molecular complexity index is 1240. The standard InChI is InChI=1S/C19H18N4O4S2/c1-19(2,3)18-21-20-17(27-18)12-5-4-6-13(11-12)23-29(24,25)16-8-7-15(28-16)14-9-10-26-22-14/h4-11,23H,1-3H3. The van der Waals surface area contributed by atoms with Gasteiger partial charge in [0.1, 0.15) is 16.2 Å². The first kappa shape index (κ1) is 19.3. The molecule has 0 radical (unpaired) electrons. The fourth-order valence-corrected chi connectivity index (χ4v) is 4.82. The largest absolute Gasteiger partial charge is 0.420 e. The smallest absolute Gasteiger partial charge is 0.271 e. The molecule has 4 aromatic rings. The van der Waals surface area contributed by atoms with Crippen molar-refractivity contribution in [2.24, 2.45) is 0 Å². The van der Waals surface area contributed by atoms with Crippen molar-refractivity contribution in [1.29, 1.82) is 0 Å². The molecule has 4 rings (SSSR count). The first-order chi connectivity index (χ1) is 13.7. The van der Waals surface area contributed by atoms with Crippen molar-refractivity contribution < 1.29 is 17.4 Å². The highest BCUT2D eigenvalue weighted by Gasteiger charge is 2.22. The molecule has 8 nitrogen and oxygen atoms in total. The average molecular weight is 431 g/mol. The van der Waals surface area contributed by atoms with Crippen molar-refractivity contribution >= 4 is 27.0 Å². The molecule has 3 heterocycles. The number of benzene rings is 1. The van der Waals surface area contributed by atoms with Gasteiger partial charge in [-0.3, -0.25) is 4.72 Å². The van der Waals surface area contributed by atoms with Gasteiger partial charge in [0.25, 0.3) is 10.0 Å². The molecule has 0 fully saturated rings. The summed E-state index contributed by atoms with van der Waals surface area (Å²) in [5.41, 5.74) is 1.34. The Labute approximate surface area is 171 Å². The minimum absolute atomic E-state index is 0.175. The van der Waals surface area contributed by atoms with Gasteiger partial charge < -0.3 is 8.94 Å². The number of hydrogen-bond donors (Lipinski definition) is 1. The van der Waals surface area contributed by atoms with E-state index in [0.29, 0.717) is 33.6 Å². The lowest BCUT2D eigenvalue weighted by atomic mass is 9.97. The summed E-state index contributed by atoms with van der Waals surface area (Å²) in [6, 6.07) is 11.7. The maximum Gasteiger partial charge on any atom is 0.271 e. The van der Waals surface area contributed by atoms with E-state index >= 15 is 0 Å². The maximum absolute atomic E-state index is 12.8. The van der Waals surface area contributed by atoms with Gasteiger partial charge in [-0.05, 0) is 30.3 Å². The topological polar surface area (TPSA) is 111 Å². The SMILES string of the molecule is CC(C)(C)c1nnc(-c2cccc(NS(=O)(=O)c3ccc(-c4ccon4)s3)c2)o1. The maximum atomic E-state index is 12.8. The summed E-state index contributed by atoms with van der Waals surface area (Å²) in [6.45, 7) is 5.93. The zero-order valence-corrected chi connectivity index (χ0v) is 17.5. The van der Waals surface area contributed by atoms with Crippen LogP contribution in [0.3, 0.4) is 0 Å². The second-order valence-corrected chi connectivity index (χ2v) is 10.3. The predicted octanol–water partition coefficient (Wildman–Crippen LogP) is 4.55. The van der Waals surface area contributed by atoms with E-state index in [1.54, 1.807) is 36.4 Å². The highest BCUT2D eigenvalue weighted by molar-refractivity contribution is 7.94. The summed E-state index contributed by atoms with van der Waals surface area (Å²) in [6.07, 6.45) is 1.44. The highest BCUT2D eigenvalue weighted by Crippen LogP contribution is 2.32. The van der Waals surface area contributed by atoms with Crippen LogP contribution in [-0.4, -0.2) is 23.8 Å². The molecule has 0 aliphatic rings. The Morgan fingerprint density at radius 2 is 1.90 bits per heavy atom. The summed E-state index contributed by atoms with van der Waals surface area (Å²) in [7, 11) is -3.76. The molecule has 29 heavy (non-hydrogen) atoms. The van der Waals surface area contributed by atoms with Gasteiger partial charge in [0, 0.05) is 22.7 Å². The van der Waals surface area contributed by atoms with Crippen LogP contribution in [0.15, 0.2) is 61.9 Å². The molecular formula is C19H18N4O4S2. The number of nitrogens with zero attached hydrogens (tertiary/aromatic N) is 3. The molecular weight excluding hydrogens is 412 g/mol. The summed E-state index contributed by atoms with van der Waals surface area (Å²) < 4.78 is 38.9. The lowest BCUT2D eigenvalue weighted by molar-refractivity contribution is 0.399.